The highest BCUT2D eigenvalue weighted by atomic mass is 16.2. The number of fused-ring (bicyclic) bond motifs is 1. The quantitative estimate of drug-likeness (QED) is 0.633. The van der Waals surface area contributed by atoms with Crippen molar-refractivity contribution in [1.82, 2.24) is 19.8 Å². The van der Waals surface area contributed by atoms with Crippen LogP contribution in [0.15, 0.2) is 54.9 Å². The van der Waals surface area contributed by atoms with Crippen molar-refractivity contribution >= 4 is 22.8 Å². The predicted molar refractivity (Wildman–Crippen MR) is 133 cm³/mol. The van der Waals surface area contributed by atoms with Gasteiger partial charge in [-0.15, -0.1) is 0 Å². The normalized spacial score (nSPS) is 20.8. The Labute approximate surface area is 201 Å². The summed E-state index contributed by atoms with van der Waals surface area (Å²) in [6.45, 7) is 4.16. The van der Waals surface area contributed by atoms with Gasteiger partial charge in [0.25, 0.3) is 0 Å². The maximum atomic E-state index is 14.2. The topological polar surface area (TPSA) is 69.3 Å². The number of carbonyl (C=O) groups excluding carboxylic acids is 2. The first kappa shape index (κ1) is 22.6. The second-order valence-electron chi connectivity index (χ2n) is 10.1. The van der Waals surface area contributed by atoms with Gasteiger partial charge in [-0.1, -0.05) is 49.6 Å². The van der Waals surface area contributed by atoms with E-state index < -0.39 is 5.41 Å². The summed E-state index contributed by atoms with van der Waals surface area (Å²) in [4.78, 5) is 38.3. The van der Waals surface area contributed by atoms with Gasteiger partial charge in [0.2, 0.25) is 11.8 Å². The largest absolute Gasteiger partial charge is 0.346 e. The predicted octanol–water partition coefficient (Wildman–Crippen LogP) is 4.31. The van der Waals surface area contributed by atoms with E-state index in [9.17, 15) is 9.59 Å². The van der Waals surface area contributed by atoms with Gasteiger partial charge in [0.15, 0.2) is 0 Å². The van der Waals surface area contributed by atoms with E-state index in [4.69, 9.17) is 0 Å². The molecule has 6 heteroatoms. The molecule has 2 amide bonds. The monoisotopic (exact) mass is 458 g/mol. The van der Waals surface area contributed by atoms with Gasteiger partial charge in [0.1, 0.15) is 5.65 Å². The number of aromatic amines is 1. The lowest BCUT2D eigenvalue weighted by Crippen LogP contribution is -2.50. The maximum absolute atomic E-state index is 14.2. The van der Waals surface area contributed by atoms with Gasteiger partial charge in [-0.3, -0.25) is 9.59 Å². The summed E-state index contributed by atoms with van der Waals surface area (Å²) < 4.78 is 0. The second-order valence-corrected chi connectivity index (χ2v) is 10.1. The van der Waals surface area contributed by atoms with Crippen LogP contribution in [0.4, 0.5) is 0 Å². The number of hydrogen-bond donors (Lipinski definition) is 1. The zero-order valence-electron chi connectivity index (χ0n) is 20.0. The molecule has 1 N–H and O–H groups in total. The molecule has 1 aromatic carbocycles. The summed E-state index contributed by atoms with van der Waals surface area (Å²) >= 11 is 0. The molecular weight excluding hydrogens is 424 g/mol. The third-order valence-corrected chi connectivity index (χ3v) is 7.75. The molecule has 5 rings (SSSR count). The van der Waals surface area contributed by atoms with Gasteiger partial charge >= 0.3 is 0 Å². The molecule has 2 aliphatic rings. The third kappa shape index (κ3) is 4.46. The van der Waals surface area contributed by atoms with Gasteiger partial charge in [-0.05, 0) is 48.4 Å². The first-order valence-electron chi connectivity index (χ1n) is 12.6. The van der Waals surface area contributed by atoms with Gasteiger partial charge in [-0.25, -0.2) is 4.98 Å². The van der Waals surface area contributed by atoms with E-state index >= 15 is 0 Å². The lowest BCUT2D eigenvalue weighted by atomic mass is 9.68. The van der Waals surface area contributed by atoms with Crippen molar-refractivity contribution in [2.75, 3.05) is 26.2 Å². The van der Waals surface area contributed by atoms with Gasteiger partial charge in [-0.2, -0.15) is 0 Å². The average molecular weight is 459 g/mol. The summed E-state index contributed by atoms with van der Waals surface area (Å²) in [7, 11) is 0. The Morgan fingerprint density at radius 3 is 2.53 bits per heavy atom. The van der Waals surface area contributed by atoms with Crippen molar-refractivity contribution in [3.05, 3.63) is 66.0 Å². The van der Waals surface area contributed by atoms with E-state index in [1.807, 2.05) is 41.6 Å². The molecule has 1 aliphatic carbocycles. The molecule has 0 spiro atoms. The smallest absolute Gasteiger partial charge is 0.233 e. The van der Waals surface area contributed by atoms with Gasteiger partial charge in [0, 0.05) is 50.9 Å². The molecule has 0 bridgehead atoms. The highest BCUT2D eigenvalue weighted by Crippen LogP contribution is 2.41. The molecule has 1 aliphatic heterocycles. The highest BCUT2D eigenvalue weighted by Gasteiger charge is 2.44. The fourth-order valence-electron chi connectivity index (χ4n) is 5.98. The number of nitrogens with zero attached hydrogens (tertiary/aromatic N) is 3. The zero-order chi connectivity index (χ0) is 23.5. The SMILES string of the molecule is CC(=O)N1CCN(C(=O)C2(c3ccccc3)CCCCC2)CC(Cc2cnc3[nH]ccc3c2)C1. The highest BCUT2D eigenvalue weighted by molar-refractivity contribution is 5.88. The van der Waals surface area contributed by atoms with Gasteiger partial charge in [0.05, 0.1) is 5.41 Å². The molecule has 2 aromatic heterocycles. The van der Waals surface area contributed by atoms with Crippen molar-refractivity contribution in [3.63, 3.8) is 0 Å². The van der Waals surface area contributed by atoms with Crippen LogP contribution in [0.25, 0.3) is 11.0 Å². The Morgan fingerprint density at radius 1 is 1.03 bits per heavy atom. The number of rotatable bonds is 4. The minimum absolute atomic E-state index is 0.0777. The molecule has 1 saturated heterocycles. The Hall–Kier alpha value is -3.15. The summed E-state index contributed by atoms with van der Waals surface area (Å²) in [6.07, 6.45) is 9.78. The first-order chi connectivity index (χ1) is 16.5. The van der Waals surface area contributed by atoms with Crippen molar-refractivity contribution < 1.29 is 9.59 Å². The van der Waals surface area contributed by atoms with Crippen LogP contribution in [0.1, 0.15) is 50.2 Å². The van der Waals surface area contributed by atoms with Crippen LogP contribution in [0, 0.1) is 5.92 Å². The van der Waals surface area contributed by atoms with E-state index in [1.54, 1.807) is 6.92 Å². The third-order valence-electron chi connectivity index (χ3n) is 7.75. The van der Waals surface area contributed by atoms with E-state index in [-0.39, 0.29) is 17.7 Å². The summed E-state index contributed by atoms with van der Waals surface area (Å²) in [5, 5.41) is 1.09. The van der Waals surface area contributed by atoms with Crippen LogP contribution in [0.2, 0.25) is 0 Å². The standard InChI is InChI=1S/C28H34N4O2/c1-21(33)31-14-15-32(20-23(19-31)16-22-17-24-10-13-29-26(24)30-18-22)27(34)28(11-6-3-7-12-28)25-8-4-2-5-9-25/h2,4-5,8-10,13,17-18,23H,3,6-7,11-12,14-16,19-20H2,1H3,(H,29,30). The molecule has 3 heterocycles. The van der Waals surface area contributed by atoms with E-state index in [0.717, 1.165) is 54.3 Å². The number of pyridine rings is 1. The minimum Gasteiger partial charge on any atom is -0.346 e. The van der Waals surface area contributed by atoms with Gasteiger partial charge < -0.3 is 14.8 Å². The van der Waals surface area contributed by atoms with Crippen molar-refractivity contribution in [3.8, 4) is 0 Å². The minimum atomic E-state index is -0.443. The number of aromatic nitrogens is 2. The zero-order valence-corrected chi connectivity index (χ0v) is 20.0. The number of hydrogen-bond acceptors (Lipinski definition) is 3. The summed E-state index contributed by atoms with van der Waals surface area (Å²) in [5.74, 6) is 0.493. The molecular formula is C28H34N4O2. The number of carbonyl (C=O) groups is 2. The first-order valence-corrected chi connectivity index (χ1v) is 12.6. The molecule has 178 valence electrons. The Kier molecular flexibility index (Phi) is 6.40. The maximum Gasteiger partial charge on any atom is 0.233 e. The molecule has 6 nitrogen and oxygen atoms in total. The molecule has 0 radical (unpaired) electrons. The average Bonchev–Trinajstić information content (AvgIpc) is 3.23. The molecule has 3 aromatic rings. The molecule has 34 heavy (non-hydrogen) atoms. The Balaban J connectivity index is 1.42. The number of benzene rings is 1. The number of amides is 2. The Morgan fingerprint density at radius 2 is 1.76 bits per heavy atom. The summed E-state index contributed by atoms with van der Waals surface area (Å²) in [5.41, 5.74) is 2.73. The second kappa shape index (κ2) is 9.61. The van der Waals surface area contributed by atoms with Crippen LogP contribution in [-0.2, 0) is 21.4 Å². The van der Waals surface area contributed by atoms with E-state index in [0.29, 0.717) is 26.2 Å². The van der Waals surface area contributed by atoms with Crippen molar-refractivity contribution in [1.29, 1.82) is 0 Å². The number of nitrogens with one attached hydrogen (secondary N) is 1. The lowest BCUT2D eigenvalue weighted by molar-refractivity contribution is -0.139. The van der Waals surface area contributed by atoms with Crippen LogP contribution in [0.3, 0.4) is 0 Å². The van der Waals surface area contributed by atoms with Crippen LogP contribution in [0.5, 0.6) is 0 Å². The van der Waals surface area contributed by atoms with E-state index in [2.05, 4.69) is 33.1 Å². The van der Waals surface area contributed by atoms with E-state index in [1.165, 1.54) is 6.42 Å². The molecule has 1 saturated carbocycles. The molecule has 1 unspecified atom stereocenters. The summed E-state index contributed by atoms with van der Waals surface area (Å²) in [6, 6.07) is 14.6. The van der Waals surface area contributed by atoms with Crippen LogP contribution in [-0.4, -0.2) is 57.8 Å². The lowest BCUT2D eigenvalue weighted by Gasteiger charge is -2.40. The fraction of sp³-hybridized carbons (Fsp3) is 0.464. The molecule has 2 fully saturated rings. The van der Waals surface area contributed by atoms with Crippen LogP contribution >= 0.6 is 0 Å². The van der Waals surface area contributed by atoms with Crippen molar-refractivity contribution in [2.45, 2.75) is 50.9 Å². The Bertz CT molecular complexity index is 1150. The molecule has 1 atom stereocenters. The van der Waals surface area contributed by atoms with Crippen LogP contribution < -0.4 is 0 Å². The van der Waals surface area contributed by atoms with Crippen molar-refractivity contribution in [2.24, 2.45) is 5.92 Å². The number of H-pyrrole nitrogens is 1. The fourth-order valence-corrected chi connectivity index (χ4v) is 5.98.